The number of aromatic nitrogens is 3. The summed E-state index contributed by atoms with van der Waals surface area (Å²) in [5, 5.41) is 4.21. The third-order valence-corrected chi connectivity index (χ3v) is 2.00. The van der Waals surface area contributed by atoms with Gasteiger partial charge in [0.25, 0.3) is 10.0 Å². The van der Waals surface area contributed by atoms with Crippen molar-refractivity contribution in [3.63, 3.8) is 0 Å². The summed E-state index contributed by atoms with van der Waals surface area (Å²) in [6.45, 7) is 3.11. The van der Waals surface area contributed by atoms with E-state index in [1.807, 2.05) is 0 Å². The molecule has 0 bridgehead atoms. The van der Waals surface area contributed by atoms with Crippen LogP contribution in [0.2, 0.25) is 0 Å². The molecule has 0 unspecified atom stereocenters. The maximum Gasteiger partial charge on any atom is 0.276 e. The fraction of sp³-hybridized carbons (Fsp3) is 0. The van der Waals surface area contributed by atoms with Crippen LogP contribution in [0.3, 0.4) is 0 Å². The molecule has 0 fully saturated rings. The molecule has 1 heterocycles. The van der Waals surface area contributed by atoms with Crippen molar-refractivity contribution in [2.45, 2.75) is 0 Å². The SMILES string of the molecule is C=CS(=O)(=O)n1cncn1. The van der Waals surface area contributed by atoms with Crippen LogP contribution < -0.4 is 0 Å². The molecular formula is C4H5N3O2S. The Morgan fingerprint density at radius 2 is 2.30 bits per heavy atom. The molecule has 0 saturated heterocycles. The molecule has 0 aliphatic carbocycles. The lowest BCUT2D eigenvalue weighted by Crippen LogP contribution is -2.08. The predicted molar refractivity (Wildman–Crippen MR) is 34.5 cm³/mol. The van der Waals surface area contributed by atoms with Gasteiger partial charge in [-0.25, -0.2) is 4.98 Å². The topological polar surface area (TPSA) is 64.8 Å². The third-order valence-electron chi connectivity index (χ3n) is 0.869. The van der Waals surface area contributed by atoms with Gasteiger partial charge in [0, 0.05) is 5.41 Å². The van der Waals surface area contributed by atoms with Gasteiger partial charge >= 0.3 is 0 Å². The Morgan fingerprint density at radius 3 is 2.70 bits per heavy atom. The van der Waals surface area contributed by atoms with E-state index >= 15 is 0 Å². The van der Waals surface area contributed by atoms with E-state index in [0.717, 1.165) is 22.1 Å². The number of hydrogen-bond acceptors (Lipinski definition) is 4. The Balaban J connectivity index is 3.22. The lowest BCUT2D eigenvalue weighted by Gasteiger charge is -1.92. The molecule has 0 N–H and O–H groups in total. The van der Waals surface area contributed by atoms with Crippen LogP contribution >= 0.6 is 0 Å². The van der Waals surface area contributed by atoms with Crippen LogP contribution in [0.15, 0.2) is 24.6 Å². The van der Waals surface area contributed by atoms with Gasteiger partial charge in [-0.1, -0.05) is 6.58 Å². The summed E-state index contributed by atoms with van der Waals surface area (Å²) >= 11 is 0. The minimum atomic E-state index is -3.45. The van der Waals surface area contributed by atoms with Crippen LogP contribution in [0.5, 0.6) is 0 Å². The average Bonchev–Trinajstić information content (AvgIpc) is 2.38. The summed E-state index contributed by atoms with van der Waals surface area (Å²) in [6.07, 6.45) is 2.23. The van der Waals surface area contributed by atoms with Crippen LogP contribution in [0.25, 0.3) is 0 Å². The highest BCUT2D eigenvalue weighted by atomic mass is 32.2. The second-order valence-electron chi connectivity index (χ2n) is 1.48. The Kier molecular flexibility index (Phi) is 1.54. The van der Waals surface area contributed by atoms with E-state index in [1.165, 1.54) is 0 Å². The molecule has 0 aliphatic rings. The Labute approximate surface area is 58.1 Å². The maximum absolute atomic E-state index is 10.8. The summed E-state index contributed by atoms with van der Waals surface area (Å²) < 4.78 is 22.3. The van der Waals surface area contributed by atoms with Gasteiger partial charge in [-0.3, -0.25) is 0 Å². The van der Waals surface area contributed by atoms with E-state index in [1.54, 1.807) is 0 Å². The van der Waals surface area contributed by atoms with Crippen molar-refractivity contribution < 1.29 is 8.42 Å². The van der Waals surface area contributed by atoms with E-state index in [4.69, 9.17) is 0 Å². The lowest BCUT2D eigenvalue weighted by molar-refractivity contribution is 0.589. The first-order valence-corrected chi connectivity index (χ1v) is 3.90. The highest BCUT2D eigenvalue weighted by Crippen LogP contribution is 1.91. The molecular weight excluding hydrogens is 154 g/mol. The van der Waals surface area contributed by atoms with Gasteiger partial charge in [0.2, 0.25) is 0 Å². The highest BCUT2D eigenvalue weighted by molar-refractivity contribution is 7.92. The summed E-state index contributed by atoms with van der Waals surface area (Å²) in [7, 11) is -3.45. The zero-order chi connectivity index (χ0) is 7.61. The average molecular weight is 159 g/mol. The van der Waals surface area contributed by atoms with Crippen LogP contribution in [-0.2, 0) is 10.0 Å². The van der Waals surface area contributed by atoms with Crippen LogP contribution in [0, 0.1) is 0 Å². The van der Waals surface area contributed by atoms with Gasteiger partial charge in [0.1, 0.15) is 12.7 Å². The first kappa shape index (κ1) is 6.94. The normalized spacial score (nSPS) is 11.2. The molecule has 0 atom stereocenters. The summed E-state index contributed by atoms with van der Waals surface area (Å²) in [4.78, 5) is 3.46. The summed E-state index contributed by atoms with van der Waals surface area (Å²) in [6, 6.07) is 0. The van der Waals surface area contributed by atoms with Crippen molar-refractivity contribution in [2.75, 3.05) is 0 Å². The van der Waals surface area contributed by atoms with Crippen molar-refractivity contribution in [2.24, 2.45) is 0 Å². The van der Waals surface area contributed by atoms with Crippen LogP contribution in [0.4, 0.5) is 0 Å². The summed E-state index contributed by atoms with van der Waals surface area (Å²) in [5.41, 5.74) is 0. The van der Waals surface area contributed by atoms with Gasteiger partial charge in [-0.05, 0) is 0 Å². The number of rotatable bonds is 2. The van der Waals surface area contributed by atoms with Gasteiger partial charge in [-0.15, -0.1) is 9.19 Å². The van der Waals surface area contributed by atoms with Crippen molar-refractivity contribution in [1.29, 1.82) is 0 Å². The molecule has 1 aromatic rings. The van der Waals surface area contributed by atoms with Crippen molar-refractivity contribution in [3.8, 4) is 0 Å². The van der Waals surface area contributed by atoms with Gasteiger partial charge in [0.05, 0.1) is 0 Å². The van der Waals surface area contributed by atoms with Crippen molar-refractivity contribution in [3.05, 3.63) is 24.6 Å². The number of hydrogen-bond donors (Lipinski definition) is 0. The van der Waals surface area contributed by atoms with Gasteiger partial charge < -0.3 is 0 Å². The molecule has 0 spiro atoms. The molecule has 0 aliphatic heterocycles. The second-order valence-corrected chi connectivity index (χ2v) is 3.22. The van der Waals surface area contributed by atoms with Crippen LogP contribution in [0.1, 0.15) is 0 Å². The van der Waals surface area contributed by atoms with Gasteiger partial charge in [-0.2, -0.15) is 8.42 Å². The Hall–Kier alpha value is -1.17. The highest BCUT2D eigenvalue weighted by Gasteiger charge is 2.05. The monoisotopic (exact) mass is 159 g/mol. The smallest absolute Gasteiger partial charge is 0.222 e. The molecule has 6 heteroatoms. The second kappa shape index (κ2) is 2.22. The van der Waals surface area contributed by atoms with Gasteiger partial charge in [0.15, 0.2) is 0 Å². The molecule has 5 nitrogen and oxygen atoms in total. The van der Waals surface area contributed by atoms with Crippen LogP contribution in [-0.4, -0.2) is 22.6 Å². The molecule has 0 saturated carbocycles. The quantitative estimate of drug-likeness (QED) is 0.589. The van der Waals surface area contributed by atoms with E-state index in [-0.39, 0.29) is 0 Å². The molecule has 0 amide bonds. The predicted octanol–water partition coefficient (Wildman–Crippen LogP) is -0.400. The molecule has 0 aromatic carbocycles. The first-order valence-electron chi connectivity index (χ1n) is 2.39. The van der Waals surface area contributed by atoms with E-state index in [2.05, 4.69) is 16.7 Å². The summed E-state index contributed by atoms with van der Waals surface area (Å²) in [5.74, 6) is 0. The van der Waals surface area contributed by atoms with E-state index in [9.17, 15) is 8.42 Å². The Morgan fingerprint density at radius 1 is 1.60 bits per heavy atom. The standard InChI is InChI=1S/C4H5N3O2S/c1-2-10(8,9)7-4-5-3-6-7/h2-4H,1H2. The third kappa shape index (κ3) is 1.06. The fourth-order valence-corrected chi connectivity index (χ4v) is 0.917. The zero-order valence-electron chi connectivity index (χ0n) is 5.01. The molecule has 10 heavy (non-hydrogen) atoms. The molecule has 0 radical (unpaired) electrons. The minimum absolute atomic E-state index is 0.736. The largest absolute Gasteiger partial charge is 0.276 e. The van der Waals surface area contributed by atoms with E-state index < -0.39 is 10.0 Å². The molecule has 1 aromatic heterocycles. The maximum atomic E-state index is 10.8. The minimum Gasteiger partial charge on any atom is -0.222 e. The molecule has 1 rings (SSSR count). The Bertz CT molecular complexity index is 312. The number of nitrogens with zero attached hydrogens (tertiary/aromatic N) is 3. The van der Waals surface area contributed by atoms with E-state index in [0.29, 0.717) is 0 Å². The first-order chi connectivity index (χ1) is 4.67. The lowest BCUT2D eigenvalue weighted by atomic mass is 11.3. The van der Waals surface area contributed by atoms with Crippen molar-refractivity contribution in [1.82, 2.24) is 14.2 Å². The molecule has 54 valence electrons. The zero-order valence-corrected chi connectivity index (χ0v) is 5.82. The van der Waals surface area contributed by atoms with Crippen molar-refractivity contribution >= 4 is 10.0 Å². The fourth-order valence-electron chi connectivity index (χ4n) is 0.405.